The van der Waals surface area contributed by atoms with Crippen LogP contribution in [0.25, 0.3) is 0 Å². The van der Waals surface area contributed by atoms with Gasteiger partial charge in [-0.25, -0.2) is 0 Å². The third-order valence-corrected chi connectivity index (χ3v) is 7.67. The maximum absolute atomic E-state index is 13.0. The minimum absolute atomic E-state index is 0.0355. The smallest absolute Gasteiger partial charge is 0.404 e. The third-order valence-electron chi connectivity index (χ3n) is 6.91. The van der Waals surface area contributed by atoms with E-state index in [0.29, 0.717) is 39.0 Å². The fourth-order valence-electron chi connectivity index (χ4n) is 4.53. The number of amidine groups is 2. The summed E-state index contributed by atoms with van der Waals surface area (Å²) in [6.07, 6.45) is -3.65. The number of anilines is 1. The van der Waals surface area contributed by atoms with Crippen LogP contribution in [-0.4, -0.2) is 107 Å². The van der Waals surface area contributed by atoms with Gasteiger partial charge in [-0.2, -0.15) is 0 Å². The summed E-state index contributed by atoms with van der Waals surface area (Å²) in [5.41, 5.74) is -1.25. The molecule has 15 heteroatoms. The second kappa shape index (κ2) is 13.2. The molecule has 2 amide bonds. The number of carbonyl (C=O) groups is 2. The van der Waals surface area contributed by atoms with Gasteiger partial charge < -0.3 is 30.3 Å². The second-order valence-electron chi connectivity index (χ2n) is 10.5. The lowest BCUT2D eigenvalue weighted by Gasteiger charge is -2.38. The van der Waals surface area contributed by atoms with Crippen molar-refractivity contribution in [2.45, 2.75) is 38.7 Å². The van der Waals surface area contributed by atoms with E-state index in [-0.39, 0.29) is 34.0 Å². The van der Waals surface area contributed by atoms with Gasteiger partial charge in [0.05, 0.1) is 17.8 Å². The molecule has 222 valence electrons. The van der Waals surface area contributed by atoms with Crippen molar-refractivity contribution < 1.29 is 32.6 Å². The molecule has 40 heavy (non-hydrogen) atoms. The highest BCUT2D eigenvalue weighted by molar-refractivity contribution is 8.26. The molecular formula is C25H36F3N7O4S. The number of aliphatic hydroxyl groups is 1. The predicted molar refractivity (Wildman–Crippen MR) is 147 cm³/mol. The molecule has 0 bridgehead atoms. The van der Waals surface area contributed by atoms with Gasteiger partial charge in [0.15, 0.2) is 16.1 Å². The molecule has 1 aromatic carbocycles. The van der Waals surface area contributed by atoms with E-state index >= 15 is 0 Å². The molecule has 2 fully saturated rings. The molecule has 2 aliphatic rings. The first kappa shape index (κ1) is 31.6. The summed E-state index contributed by atoms with van der Waals surface area (Å²) in [5, 5.41) is 31.1. The number of thioether (sulfide) groups is 1. The van der Waals surface area contributed by atoms with Crippen molar-refractivity contribution in [2.24, 2.45) is 5.92 Å². The Balaban J connectivity index is 1.61. The number of likely N-dealkylation sites (N-methyl/N-ethyl adjacent to an activating group) is 1. The Morgan fingerprint density at radius 3 is 2.30 bits per heavy atom. The van der Waals surface area contributed by atoms with Crippen molar-refractivity contribution in [1.82, 2.24) is 20.0 Å². The van der Waals surface area contributed by atoms with Crippen LogP contribution in [0, 0.1) is 16.7 Å². The zero-order valence-corrected chi connectivity index (χ0v) is 23.5. The first-order valence-electron chi connectivity index (χ1n) is 12.8. The number of rotatable bonds is 6. The molecule has 0 spiro atoms. The van der Waals surface area contributed by atoms with E-state index in [2.05, 4.69) is 20.3 Å². The number of benzene rings is 1. The normalized spacial score (nSPS) is 17.8. The lowest BCUT2D eigenvalue weighted by Crippen LogP contribution is -2.47. The Labute approximate surface area is 235 Å². The van der Waals surface area contributed by atoms with E-state index in [1.54, 1.807) is 18.7 Å². The molecule has 5 N–H and O–H groups in total. The molecule has 0 unspecified atom stereocenters. The van der Waals surface area contributed by atoms with Crippen molar-refractivity contribution >= 4 is 39.6 Å². The number of halogens is 3. The molecule has 1 aromatic rings. The average molecular weight is 588 g/mol. The Morgan fingerprint density at radius 1 is 1.10 bits per heavy atom. The minimum Gasteiger partial charge on any atom is -0.404 e. The maximum atomic E-state index is 13.0. The van der Waals surface area contributed by atoms with Gasteiger partial charge in [-0.3, -0.25) is 25.3 Å². The van der Waals surface area contributed by atoms with E-state index in [4.69, 9.17) is 10.8 Å². The highest BCUT2D eigenvalue weighted by atomic mass is 32.2. The van der Waals surface area contributed by atoms with E-state index in [1.165, 1.54) is 0 Å². The molecule has 0 saturated carbocycles. The topological polar surface area (TPSA) is 145 Å². The van der Waals surface area contributed by atoms with E-state index in [9.17, 15) is 27.9 Å². The van der Waals surface area contributed by atoms with Crippen LogP contribution < -0.4 is 15.4 Å². The van der Waals surface area contributed by atoms with Crippen molar-refractivity contribution in [3.8, 4) is 5.75 Å². The Hall–Kier alpha value is -2.88. The molecule has 0 radical (unpaired) electrons. The minimum atomic E-state index is -5.01. The van der Waals surface area contributed by atoms with Crippen LogP contribution >= 0.6 is 11.8 Å². The maximum Gasteiger partial charge on any atom is 0.573 e. The molecule has 0 aromatic heterocycles. The van der Waals surface area contributed by atoms with Gasteiger partial charge in [0.2, 0.25) is 5.91 Å². The first-order valence-corrected chi connectivity index (χ1v) is 13.7. The molecule has 3 rings (SSSR count). The SMILES string of the molecule is CN1CCN(CC(=O)Nc2cc(C(=O)NC(=N)SC(=N)N3CCC(C(C)(C)O)CC3)ccc2OC(F)(F)F)CC1. The number of alkyl halides is 3. The predicted octanol–water partition coefficient (Wildman–Crippen LogP) is 2.59. The number of hydrogen-bond donors (Lipinski definition) is 5. The number of amides is 2. The highest BCUT2D eigenvalue weighted by Gasteiger charge is 2.33. The molecule has 2 heterocycles. The fourth-order valence-corrected chi connectivity index (χ4v) is 5.18. The largest absolute Gasteiger partial charge is 0.573 e. The van der Waals surface area contributed by atoms with Crippen molar-refractivity contribution in [3.63, 3.8) is 0 Å². The molecule has 0 aliphatic carbocycles. The van der Waals surface area contributed by atoms with Gasteiger partial charge in [-0.1, -0.05) is 0 Å². The van der Waals surface area contributed by atoms with Gasteiger partial charge in [0.25, 0.3) is 5.91 Å². The van der Waals surface area contributed by atoms with E-state index < -0.39 is 29.5 Å². The van der Waals surface area contributed by atoms with Crippen LogP contribution in [0.1, 0.15) is 37.0 Å². The summed E-state index contributed by atoms with van der Waals surface area (Å²) in [4.78, 5) is 31.1. The monoisotopic (exact) mass is 587 g/mol. The standard InChI is InChI=1S/C25H36F3N7O4S/c1-24(2,38)17-6-8-35(9-7-17)23(30)40-22(29)32-21(37)16-4-5-19(39-25(26,27)28)18(14-16)31-20(36)15-34-12-10-33(3)11-13-34/h4-5,14,17,30,38H,6-13,15H2,1-3H3,(H,31,36)(H2,29,32,37). The number of ether oxygens (including phenoxy) is 1. The second-order valence-corrected chi connectivity index (χ2v) is 11.5. The number of hydrogen-bond acceptors (Lipinski definition) is 9. The number of piperidine rings is 1. The number of nitrogens with zero attached hydrogens (tertiary/aromatic N) is 3. The molecular weight excluding hydrogens is 551 g/mol. The van der Waals surface area contributed by atoms with Gasteiger partial charge >= 0.3 is 6.36 Å². The summed E-state index contributed by atoms with van der Waals surface area (Å²) in [5.74, 6) is -1.92. The lowest BCUT2D eigenvalue weighted by molar-refractivity contribution is -0.274. The third kappa shape index (κ3) is 9.64. The van der Waals surface area contributed by atoms with Crippen LogP contribution in [-0.2, 0) is 4.79 Å². The molecule has 2 aliphatic heterocycles. The zero-order chi connectivity index (χ0) is 29.7. The molecule has 0 atom stereocenters. The van der Waals surface area contributed by atoms with Gasteiger partial charge in [-0.05, 0) is 69.6 Å². The van der Waals surface area contributed by atoms with Crippen LogP contribution in [0.15, 0.2) is 18.2 Å². The fraction of sp³-hybridized carbons (Fsp3) is 0.600. The molecule has 2 saturated heterocycles. The van der Waals surface area contributed by atoms with Crippen LogP contribution in [0.3, 0.4) is 0 Å². The van der Waals surface area contributed by atoms with Crippen LogP contribution in [0.4, 0.5) is 18.9 Å². The summed E-state index contributed by atoms with van der Waals surface area (Å²) >= 11 is 0.729. The van der Waals surface area contributed by atoms with Crippen LogP contribution in [0.2, 0.25) is 0 Å². The van der Waals surface area contributed by atoms with Gasteiger partial charge in [0.1, 0.15) is 0 Å². The van der Waals surface area contributed by atoms with E-state index in [1.807, 2.05) is 11.9 Å². The summed E-state index contributed by atoms with van der Waals surface area (Å²) in [6, 6.07) is 3.08. The van der Waals surface area contributed by atoms with Gasteiger partial charge in [0, 0.05) is 44.8 Å². The number of likely N-dealkylation sites (tertiary alicyclic amines) is 1. The summed E-state index contributed by atoms with van der Waals surface area (Å²) in [7, 11) is 1.96. The summed E-state index contributed by atoms with van der Waals surface area (Å²) in [6.45, 7) is 7.30. The Kier molecular flexibility index (Phi) is 10.4. The lowest BCUT2D eigenvalue weighted by atomic mass is 9.83. The van der Waals surface area contributed by atoms with Crippen molar-refractivity contribution in [3.05, 3.63) is 23.8 Å². The average Bonchev–Trinajstić information content (AvgIpc) is 2.85. The van der Waals surface area contributed by atoms with Crippen molar-refractivity contribution in [2.75, 3.05) is 58.2 Å². The summed E-state index contributed by atoms with van der Waals surface area (Å²) < 4.78 is 42.9. The van der Waals surface area contributed by atoms with Gasteiger partial charge in [-0.15, -0.1) is 13.2 Å². The zero-order valence-electron chi connectivity index (χ0n) is 22.7. The van der Waals surface area contributed by atoms with E-state index in [0.717, 1.165) is 43.1 Å². The van der Waals surface area contributed by atoms with Crippen LogP contribution in [0.5, 0.6) is 5.75 Å². The first-order chi connectivity index (χ1) is 18.6. The number of piperazine rings is 1. The molecule has 11 nitrogen and oxygen atoms in total. The Bertz CT molecular complexity index is 1100. The number of nitrogens with one attached hydrogen (secondary N) is 4. The Morgan fingerprint density at radius 2 is 1.73 bits per heavy atom. The number of carbonyl (C=O) groups excluding carboxylic acids is 2. The highest BCUT2D eigenvalue weighted by Crippen LogP contribution is 2.32. The van der Waals surface area contributed by atoms with Crippen molar-refractivity contribution in [1.29, 1.82) is 10.8 Å². The quantitative estimate of drug-likeness (QED) is 0.252.